The Bertz CT molecular complexity index is 546. The van der Waals surface area contributed by atoms with Gasteiger partial charge >= 0.3 is 5.69 Å². The highest BCUT2D eigenvalue weighted by Crippen LogP contribution is 2.28. The van der Waals surface area contributed by atoms with Crippen LogP contribution in [0.2, 0.25) is 0 Å². The van der Waals surface area contributed by atoms with Gasteiger partial charge in [-0.05, 0) is 13.0 Å². The van der Waals surface area contributed by atoms with Crippen LogP contribution in [0.25, 0.3) is 11.1 Å². The summed E-state index contributed by atoms with van der Waals surface area (Å²) in [6, 6.07) is 6.93. The van der Waals surface area contributed by atoms with E-state index in [1.165, 1.54) is 6.20 Å². The van der Waals surface area contributed by atoms with Gasteiger partial charge in [0.15, 0.2) is 0 Å². The second kappa shape index (κ2) is 3.57. The van der Waals surface area contributed by atoms with Gasteiger partial charge in [0.25, 0.3) is 0 Å². The number of para-hydroxylation sites is 1. The number of aryl methyl sites for hydroxylation is 1. The fourth-order valence-electron chi connectivity index (χ4n) is 1.45. The number of benzene rings is 1. The molecule has 0 aliphatic carbocycles. The summed E-state index contributed by atoms with van der Waals surface area (Å²) in [7, 11) is 0. The van der Waals surface area contributed by atoms with Gasteiger partial charge in [-0.25, -0.2) is 9.78 Å². The number of nitrogens with zero attached hydrogens (tertiary/aromatic N) is 1. The van der Waals surface area contributed by atoms with Crippen LogP contribution < -0.4 is 5.69 Å². The average Bonchev–Trinajstić information content (AvgIpc) is 2.20. The maximum Gasteiger partial charge on any atom is 0.345 e. The molecule has 2 rings (SSSR count). The van der Waals surface area contributed by atoms with Crippen molar-refractivity contribution in [2.45, 2.75) is 6.92 Å². The van der Waals surface area contributed by atoms with Crippen LogP contribution in [-0.2, 0) is 0 Å². The van der Waals surface area contributed by atoms with Crippen molar-refractivity contribution in [3.63, 3.8) is 0 Å². The van der Waals surface area contributed by atoms with E-state index in [1.807, 2.05) is 6.07 Å². The van der Waals surface area contributed by atoms with Crippen molar-refractivity contribution in [1.29, 1.82) is 0 Å². The van der Waals surface area contributed by atoms with E-state index in [9.17, 15) is 9.90 Å². The molecule has 0 spiro atoms. The van der Waals surface area contributed by atoms with Crippen LogP contribution in [0.5, 0.6) is 5.75 Å². The van der Waals surface area contributed by atoms with Crippen LogP contribution in [0.1, 0.15) is 5.69 Å². The number of hydrogen-bond acceptors (Lipinski definition) is 3. The Morgan fingerprint density at radius 1 is 1.27 bits per heavy atom. The first-order valence-electron chi connectivity index (χ1n) is 4.53. The van der Waals surface area contributed by atoms with E-state index in [2.05, 4.69) is 9.97 Å². The maximum absolute atomic E-state index is 10.9. The van der Waals surface area contributed by atoms with Gasteiger partial charge in [-0.15, -0.1) is 0 Å². The topological polar surface area (TPSA) is 66.0 Å². The Balaban J connectivity index is 2.65. The van der Waals surface area contributed by atoms with Crippen LogP contribution in [0.3, 0.4) is 0 Å². The van der Waals surface area contributed by atoms with Gasteiger partial charge in [0.1, 0.15) is 5.75 Å². The summed E-state index contributed by atoms with van der Waals surface area (Å²) in [5.74, 6) is 0.175. The van der Waals surface area contributed by atoms with E-state index in [4.69, 9.17) is 0 Å². The van der Waals surface area contributed by atoms with E-state index in [0.717, 1.165) is 5.56 Å². The van der Waals surface area contributed by atoms with Gasteiger partial charge in [0, 0.05) is 23.0 Å². The van der Waals surface area contributed by atoms with Crippen LogP contribution >= 0.6 is 0 Å². The predicted molar refractivity (Wildman–Crippen MR) is 56.7 cm³/mol. The Hall–Kier alpha value is -2.10. The van der Waals surface area contributed by atoms with Crippen molar-refractivity contribution in [3.05, 3.63) is 46.6 Å². The highest BCUT2D eigenvalue weighted by molar-refractivity contribution is 5.70. The summed E-state index contributed by atoms with van der Waals surface area (Å²) in [6.07, 6.45) is 1.46. The zero-order valence-electron chi connectivity index (χ0n) is 8.19. The summed E-state index contributed by atoms with van der Waals surface area (Å²) >= 11 is 0. The molecule has 0 atom stereocenters. The zero-order valence-corrected chi connectivity index (χ0v) is 8.19. The first-order chi connectivity index (χ1) is 7.18. The lowest BCUT2D eigenvalue weighted by Crippen LogP contribution is -2.11. The number of aromatic hydroxyl groups is 1. The quantitative estimate of drug-likeness (QED) is 0.735. The summed E-state index contributed by atoms with van der Waals surface area (Å²) in [5, 5.41) is 9.64. The molecule has 1 aromatic heterocycles. The molecule has 15 heavy (non-hydrogen) atoms. The van der Waals surface area contributed by atoms with Crippen LogP contribution in [-0.4, -0.2) is 15.1 Å². The minimum atomic E-state index is -0.383. The van der Waals surface area contributed by atoms with Crippen LogP contribution in [0, 0.1) is 6.92 Å². The van der Waals surface area contributed by atoms with Crippen molar-refractivity contribution in [2.75, 3.05) is 0 Å². The molecule has 0 radical (unpaired) electrons. The lowest BCUT2D eigenvalue weighted by atomic mass is 10.1. The van der Waals surface area contributed by atoms with Gasteiger partial charge in [-0.2, -0.15) is 0 Å². The fraction of sp³-hybridized carbons (Fsp3) is 0.0909. The third-order valence-electron chi connectivity index (χ3n) is 2.20. The molecule has 0 bridgehead atoms. The van der Waals surface area contributed by atoms with E-state index < -0.39 is 0 Å². The van der Waals surface area contributed by atoms with Crippen molar-refractivity contribution in [1.82, 2.24) is 9.97 Å². The highest BCUT2D eigenvalue weighted by Gasteiger charge is 2.06. The third-order valence-corrected chi connectivity index (χ3v) is 2.20. The Labute approximate surface area is 86.2 Å². The number of hydrogen-bond donors (Lipinski definition) is 2. The van der Waals surface area contributed by atoms with Gasteiger partial charge < -0.3 is 10.1 Å². The number of nitrogens with one attached hydrogen (secondary N) is 1. The first kappa shape index (κ1) is 9.45. The lowest BCUT2D eigenvalue weighted by molar-refractivity contribution is 0.477. The SMILES string of the molecule is Cc1[nH]c(=O)ncc1-c1ccccc1O. The molecule has 1 heterocycles. The number of phenols is 1. The average molecular weight is 202 g/mol. The van der Waals surface area contributed by atoms with E-state index in [1.54, 1.807) is 25.1 Å². The fourth-order valence-corrected chi connectivity index (χ4v) is 1.45. The minimum absolute atomic E-state index is 0.175. The Kier molecular flexibility index (Phi) is 2.25. The summed E-state index contributed by atoms with van der Waals surface area (Å²) in [5.41, 5.74) is 1.70. The number of aromatic amines is 1. The minimum Gasteiger partial charge on any atom is -0.507 e. The molecular formula is C11H10N2O2. The van der Waals surface area contributed by atoms with Crippen molar-refractivity contribution < 1.29 is 5.11 Å². The van der Waals surface area contributed by atoms with E-state index >= 15 is 0 Å². The van der Waals surface area contributed by atoms with Gasteiger partial charge in [0.05, 0.1) is 0 Å². The monoisotopic (exact) mass is 202 g/mol. The van der Waals surface area contributed by atoms with Crippen LogP contribution in [0.4, 0.5) is 0 Å². The van der Waals surface area contributed by atoms with Gasteiger partial charge in [-0.3, -0.25) is 0 Å². The first-order valence-corrected chi connectivity index (χ1v) is 4.53. The smallest absolute Gasteiger partial charge is 0.345 e. The molecule has 4 nitrogen and oxygen atoms in total. The molecule has 0 aliphatic heterocycles. The highest BCUT2D eigenvalue weighted by atomic mass is 16.3. The van der Waals surface area contributed by atoms with Gasteiger partial charge in [-0.1, -0.05) is 18.2 Å². The molecule has 2 aromatic rings. The maximum atomic E-state index is 10.9. The summed E-state index contributed by atoms with van der Waals surface area (Å²) in [6.45, 7) is 1.77. The van der Waals surface area contributed by atoms with E-state index in [0.29, 0.717) is 11.3 Å². The van der Waals surface area contributed by atoms with Crippen molar-refractivity contribution in [3.8, 4) is 16.9 Å². The molecule has 0 fully saturated rings. The van der Waals surface area contributed by atoms with Crippen molar-refractivity contribution in [2.24, 2.45) is 0 Å². The molecule has 76 valence electrons. The number of H-pyrrole nitrogens is 1. The van der Waals surface area contributed by atoms with Crippen LogP contribution in [0.15, 0.2) is 35.3 Å². The molecular weight excluding hydrogens is 192 g/mol. The molecule has 1 aromatic carbocycles. The van der Waals surface area contributed by atoms with E-state index in [-0.39, 0.29) is 11.4 Å². The molecule has 0 aliphatic rings. The lowest BCUT2D eigenvalue weighted by Gasteiger charge is -2.06. The third kappa shape index (κ3) is 1.74. The zero-order chi connectivity index (χ0) is 10.8. The standard InChI is InChI=1S/C11H10N2O2/c1-7-9(6-12-11(15)13-7)8-4-2-3-5-10(8)14/h2-6,14H,1H3,(H,12,13,15). The largest absolute Gasteiger partial charge is 0.507 e. The molecule has 2 N–H and O–H groups in total. The number of phenolic OH excluding ortho intramolecular Hbond substituents is 1. The normalized spacial score (nSPS) is 10.2. The molecule has 0 unspecified atom stereocenters. The molecule has 4 heteroatoms. The number of aromatic nitrogens is 2. The Morgan fingerprint density at radius 2 is 2.00 bits per heavy atom. The summed E-state index contributed by atoms with van der Waals surface area (Å²) in [4.78, 5) is 17.2. The summed E-state index contributed by atoms with van der Waals surface area (Å²) < 4.78 is 0. The molecule has 0 saturated heterocycles. The second-order valence-electron chi connectivity index (χ2n) is 3.24. The predicted octanol–water partition coefficient (Wildman–Crippen LogP) is 1.45. The van der Waals surface area contributed by atoms with Gasteiger partial charge in [0.2, 0.25) is 0 Å². The molecule has 0 saturated carbocycles. The Morgan fingerprint density at radius 3 is 2.67 bits per heavy atom. The second-order valence-corrected chi connectivity index (χ2v) is 3.24. The van der Waals surface area contributed by atoms with Crippen molar-refractivity contribution >= 4 is 0 Å². The number of rotatable bonds is 1. The molecule has 0 amide bonds.